The molecule has 1 fully saturated rings. The van der Waals surface area contributed by atoms with E-state index in [4.69, 9.17) is 14.5 Å². The number of aromatic nitrogens is 2. The van der Waals surface area contributed by atoms with Crippen LogP contribution >= 0.6 is 11.3 Å². The van der Waals surface area contributed by atoms with Gasteiger partial charge in [0, 0.05) is 50.3 Å². The van der Waals surface area contributed by atoms with E-state index in [0.29, 0.717) is 18.9 Å². The van der Waals surface area contributed by atoms with Gasteiger partial charge in [0.1, 0.15) is 23.4 Å². The van der Waals surface area contributed by atoms with Gasteiger partial charge in [0.2, 0.25) is 0 Å². The molecule has 5 heterocycles. The summed E-state index contributed by atoms with van der Waals surface area (Å²) in [5, 5.41) is 8.39. The average molecular weight is 479 g/mol. The standard InChI is InChI=1S/C25H30N6O2S/c1-17(2)25-26-18(3)14-23(27-25)30-10-8-29(9-11-30)16-24(32)31-20(21-6-4-12-33-21)15-19(28-31)22-7-5-13-34-22/h4-7,12-14,17,20H,8-11,15-16H2,1-3H3. The number of thiophene rings is 1. The molecular formula is C25H30N6O2S. The molecule has 2 aliphatic heterocycles. The van der Waals surface area contributed by atoms with Crippen LogP contribution in [0.15, 0.2) is 51.5 Å². The van der Waals surface area contributed by atoms with Gasteiger partial charge in [-0.25, -0.2) is 15.0 Å². The van der Waals surface area contributed by atoms with Crippen LogP contribution < -0.4 is 4.90 Å². The van der Waals surface area contributed by atoms with Gasteiger partial charge in [-0.15, -0.1) is 11.3 Å². The van der Waals surface area contributed by atoms with Gasteiger partial charge >= 0.3 is 0 Å². The highest BCUT2D eigenvalue weighted by Crippen LogP contribution is 2.34. The van der Waals surface area contributed by atoms with Crippen LogP contribution in [0.1, 0.15) is 54.4 Å². The van der Waals surface area contributed by atoms with E-state index in [2.05, 4.69) is 34.7 Å². The zero-order valence-corrected chi connectivity index (χ0v) is 20.7. The molecule has 1 unspecified atom stereocenters. The predicted molar refractivity (Wildman–Crippen MR) is 133 cm³/mol. The number of furan rings is 1. The van der Waals surface area contributed by atoms with Crippen LogP contribution in [0.25, 0.3) is 0 Å². The SMILES string of the molecule is Cc1cc(N2CCN(CC(=O)N3N=C(c4cccs4)CC3c3ccco3)CC2)nc(C(C)C)n1. The van der Waals surface area contributed by atoms with Gasteiger partial charge in [0.25, 0.3) is 5.91 Å². The Bertz CT molecular complexity index is 1150. The quantitative estimate of drug-likeness (QED) is 0.532. The highest BCUT2D eigenvalue weighted by atomic mass is 32.1. The number of carbonyl (C=O) groups excluding carboxylic acids is 1. The molecule has 0 aliphatic carbocycles. The van der Waals surface area contributed by atoms with Crippen molar-refractivity contribution in [2.24, 2.45) is 5.10 Å². The molecule has 178 valence electrons. The van der Waals surface area contributed by atoms with E-state index < -0.39 is 0 Å². The molecule has 0 saturated carbocycles. The summed E-state index contributed by atoms with van der Waals surface area (Å²) in [6.07, 6.45) is 2.32. The summed E-state index contributed by atoms with van der Waals surface area (Å²) in [5.41, 5.74) is 1.93. The minimum absolute atomic E-state index is 0.00128. The third-order valence-corrected chi connectivity index (χ3v) is 7.19. The van der Waals surface area contributed by atoms with E-state index in [1.165, 1.54) is 0 Å². The summed E-state index contributed by atoms with van der Waals surface area (Å²) in [4.78, 5) is 28.3. The number of hydrogen-bond acceptors (Lipinski definition) is 8. The number of aryl methyl sites for hydroxylation is 1. The van der Waals surface area contributed by atoms with Crippen LogP contribution in [0.5, 0.6) is 0 Å². The highest BCUT2D eigenvalue weighted by Gasteiger charge is 2.36. The molecule has 3 aromatic heterocycles. The number of amides is 1. The molecule has 2 aliphatic rings. The van der Waals surface area contributed by atoms with E-state index >= 15 is 0 Å². The summed E-state index contributed by atoms with van der Waals surface area (Å²) in [6.45, 7) is 9.83. The smallest absolute Gasteiger partial charge is 0.257 e. The minimum atomic E-state index is -0.195. The van der Waals surface area contributed by atoms with Gasteiger partial charge < -0.3 is 9.32 Å². The first kappa shape index (κ1) is 22.7. The lowest BCUT2D eigenvalue weighted by Gasteiger charge is -2.36. The maximum Gasteiger partial charge on any atom is 0.257 e. The van der Waals surface area contributed by atoms with Gasteiger partial charge in [-0.05, 0) is 30.5 Å². The highest BCUT2D eigenvalue weighted by molar-refractivity contribution is 7.12. The Labute approximate surface area is 203 Å². The van der Waals surface area contributed by atoms with E-state index in [-0.39, 0.29) is 11.9 Å². The van der Waals surface area contributed by atoms with E-state index in [1.54, 1.807) is 22.6 Å². The van der Waals surface area contributed by atoms with Crippen molar-refractivity contribution in [3.8, 4) is 0 Å². The Morgan fingerprint density at radius 1 is 1.18 bits per heavy atom. The maximum absolute atomic E-state index is 13.4. The van der Waals surface area contributed by atoms with Crippen LogP contribution in [-0.2, 0) is 4.79 Å². The Hall–Kier alpha value is -3.04. The zero-order valence-electron chi connectivity index (χ0n) is 19.8. The maximum atomic E-state index is 13.4. The average Bonchev–Trinajstić information content (AvgIpc) is 3.60. The second kappa shape index (κ2) is 9.68. The lowest BCUT2D eigenvalue weighted by molar-refractivity contribution is -0.134. The third kappa shape index (κ3) is 4.76. The molecule has 1 amide bonds. The van der Waals surface area contributed by atoms with Crippen molar-refractivity contribution in [3.63, 3.8) is 0 Å². The first-order valence-corrected chi connectivity index (χ1v) is 12.7. The van der Waals surface area contributed by atoms with Crippen LogP contribution in [0.2, 0.25) is 0 Å². The van der Waals surface area contributed by atoms with Gasteiger partial charge in [-0.1, -0.05) is 19.9 Å². The number of rotatable bonds is 6. The molecule has 9 heteroatoms. The lowest BCUT2D eigenvalue weighted by Crippen LogP contribution is -2.50. The van der Waals surface area contributed by atoms with Crippen LogP contribution in [0.4, 0.5) is 5.82 Å². The monoisotopic (exact) mass is 478 g/mol. The summed E-state index contributed by atoms with van der Waals surface area (Å²) in [7, 11) is 0. The number of anilines is 1. The van der Waals surface area contributed by atoms with E-state index in [1.807, 2.05) is 36.6 Å². The molecule has 0 bridgehead atoms. The summed E-state index contributed by atoms with van der Waals surface area (Å²) in [6, 6.07) is 9.70. The third-order valence-electron chi connectivity index (χ3n) is 6.27. The largest absolute Gasteiger partial charge is 0.467 e. The molecule has 5 rings (SSSR count). The van der Waals surface area contributed by atoms with Crippen LogP contribution in [0, 0.1) is 6.92 Å². The number of hydrogen-bond donors (Lipinski definition) is 0. The zero-order chi connectivity index (χ0) is 23.7. The Kier molecular flexibility index (Phi) is 6.47. The molecule has 1 atom stereocenters. The van der Waals surface area contributed by atoms with Crippen molar-refractivity contribution in [1.29, 1.82) is 0 Å². The molecule has 0 aromatic carbocycles. The van der Waals surface area contributed by atoms with Crippen LogP contribution in [-0.4, -0.2) is 64.2 Å². The fraction of sp³-hybridized carbons (Fsp3) is 0.440. The predicted octanol–water partition coefficient (Wildman–Crippen LogP) is 4.06. The first-order chi connectivity index (χ1) is 16.5. The fourth-order valence-corrected chi connectivity index (χ4v) is 5.15. The van der Waals surface area contributed by atoms with Crippen molar-refractivity contribution >= 4 is 28.8 Å². The van der Waals surface area contributed by atoms with Crippen molar-refractivity contribution in [1.82, 2.24) is 19.9 Å². The lowest BCUT2D eigenvalue weighted by atomic mass is 10.1. The topological polar surface area (TPSA) is 78.1 Å². The molecular weight excluding hydrogens is 448 g/mol. The normalized spacial score (nSPS) is 19.2. The van der Waals surface area contributed by atoms with Gasteiger partial charge in [0.15, 0.2) is 0 Å². The van der Waals surface area contributed by atoms with Gasteiger partial charge in [0.05, 0.1) is 23.4 Å². The van der Waals surface area contributed by atoms with E-state index in [9.17, 15) is 4.79 Å². The summed E-state index contributed by atoms with van der Waals surface area (Å²) in [5.74, 6) is 2.92. The first-order valence-electron chi connectivity index (χ1n) is 11.8. The fourth-order valence-electron chi connectivity index (χ4n) is 4.43. The minimum Gasteiger partial charge on any atom is -0.467 e. The Morgan fingerprint density at radius 2 is 2.00 bits per heavy atom. The van der Waals surface area contributed by atoms with Gasteiger partial charge in [-0.3, -0.25) is 9.69 Å². The number of nitrogens with zero attached hydrogens (tertiary/aromatic N) is 6. The summed E-state index contributed by atoms with van der Waals surface area (Å²) < 4.78 is 5.66. The second-order valence-corrected chi connectivity index (χ2v) is 10.1. The van der Waals surface area contributed by atoms with Crippen molar-refractivity contribution in [3.05, 3.63) is 64.1 Å². The molecule has 0 radical (unpaired) electrons. The van der Waals surface area contributed by atoms with Crippen molar-refractivity contribution in [2.45, 2.75) is 39.2 Å². The molecule has 8 nitrogen and oxygen atoms in total. The molecule has 3 aromatic rings. The van der Waals surface area contributed by atoms with Crippen LogP contribution in [0.3, 0.4) is 0 Å². The Morgan fingerprint density at radius 3 is 2.68 bits per heavy atom. The number of piperazine rings is 1. The van der Waals surface area contributed by atoms with Crippen molar-refractivity contribution in [2.75, 3.05) is 37.6 Å². The van der Waals surface area contributed by atoms with E-state index in [0.717, 1.165) is 59.9 Å². The molecule has 0 spiro atoms. The van der Waals surface area contributed by atoms with Gasteiger partial charge in [-0.2, -0.15) is 5.10 Å². The second-order valence-electron chi connectivity index (χ2n) is 9.14. The molecule has 1 saturated heterocycles. The summed E-state index contributed by atoms with van der Waals surface area (Å²) >= 11 is 1.64. The molecule has 34 heavy (non-hydrogen) atoms. The van der Waals surface area contributed by atoms with Crippen molar-refractivity contribution < 1.29 is 9.21 Å². The number of carbonyl (C=O) groups is 1. The number of hydrazone groups is 1. The Balaban J connectivity index is 1.25. The molecule has 0 N–H and O–H groups in total.